The van der Waals surface area contributed by atoms with Crippen LogP contribution in [-0.2, 0) is 14.3 Å². The first-order valence-corrected chi connectivity index (χ1v) is 7.14. The minimum atomic E-state index is -0.804. The number of ether oxygens (including phenoxy) is 2. The van der Waals surface area contributed by atoms with Gasteiger partial charge >= 0.3 is 5.97 Å². The molecule has 4 heteroatoms. The molecule has 0 aromatic heterocycles. The molecule has 21 heavy (non-hydrogen) atoms. The monoisotopic (exact) mass is 290 g/mol. The number of carbonyl (C=O) groups excluding carboxylic acids is 1. The van der Waals surface area contributed by atoms with Gasteiger partial charge in [0.25, 0.3) is 0 Å². The van der Waals surface area contributed by atoms with E-state index in [9.17, 15) is 9.90 Å². The highest BCUT2D eigenvalue weighted by Gasteiger charge is 2.41. The van der Waals surface area contributed by atoms with Crippen LogP contribution in [-0.4, -0.2) is 23.5 Å². The van der Waals surface area contributed by atoms with Gasteiger partial charge in [0.1, 0.15) is 5.76 Å². The molecule has 2 rings (SSSR count). The molecule has 1 aliphatic carbocycles. The fourth-order valence-electron chi connectivity index (χ4n) is 2.69. The number of esters is 1. The first kappa shape index (κ1) is 15.6. The number of fused-ring (bicyclic) bond motifs is 1. The van der Waals surface area contributed by atoms with Gasteiger partial charge < -0.3 is 14.6 Å². The molecule has 3 atom stereocenters. The second kappa shape index (κ2) is 6.31. The highest BCUT2D eigenvalue weighted by atomic mass is 16.7. The molecule has 114 valence electrons. The molecule has 1 unspecified atom stereocenters. The van der Waals surface area contributed by atoms with Crippen LogP contribution in [0.2, 0.25) is 0 Å². The second-order valence-corrected chi connectivity index (χ2v) is 5.66. The van der Waals surface area contributed by atoms with Crippen molar-refractivity contribution in [2.45, 2.75) is 46.0 Å². The predicted molar refractivity (Wildman–Crippen MR) is 80.5 cm³/mol. The van der Waals surface area contributed by atoms with E-state index in [2.05, 4.69) is 12.7 Å². The van der Waals surface area contributed by atoms with E-state index in [0.717, 1.165) is 18.4 Å². The highest BCUT2D eigenvalue weighted by molar-refractivity contribution is 5.66. The highest BCUT2D eigenvalue weighted by Crippen LogP contribution is 2.38. The van der Waals surface area contributed by atoms with Gasteiger partial charge in [0.05, 0.1) is 12.0 Å². The average Bonchev–Trinajstić information content (AvgIpc) is 2.64. The summed E-state index contributed by atoms with van der Waals surface area (Å²) in [5.41, 5.74) is 2.76. The van der Waals surface area contributed by atoms with Crippen molar-refractivity contribution in [2.75, 3.05) is 0 Å². The van der Waals surface area contributed by atoms with Crippen LogP contribution in [0, 0.1) is 5.92 Å². The minimum Gasteiger partial charge on any atom is -0.512 e. The van der Waals surface area contributed by atoms with E-state index < -0.39 is 12.3 Å². The smallest absolute Gasteiger partial charge is 0.305 e. The second-order valence-electron chi connectivity index (χ2n) is 5.66. The third-order valence-corrected chi connectivity index (χ3v) is 3.73. The molecule has 1 N–H and O–H groups in total. The molecule has 1 fully saturated rings. The number of hydrogen-bond acceptors (Lipinski definition) is 4. The van der Waals surface area contributed by atoms with Gasteiger partial charge in [-0.25, -0.2) is 0 Å². The molecule has 2 aliphatic rings. The first-order valence-electron chi connectivity index (χ1n) is 7.14. The van der Waals surface area contributed by atoms with Crippen molar-refractivity contribution in [3.8, 4) is 0 Å². The summed E-state index contributed by atoms with van der Waals surface area (Å²) in [6.45, 7) is 9.27. The van der Waals surface area contributed by atoms with Crippen LogP contribution in [0.4, 0.5) is 0 Å². The van der Waals surface area contributed by atoms with Gasteiger partial charge in [-0.2, -0.15) is 0 Å². The Morgan fingerprint density at radius 2 is 2.19 bits per heavy atom. The van der Waals surface area contributed by atoms with Crippen molar-refractivity contribution in [3.63, 3.8) is 0 Å². The molecular formula is C17H22O4. The Morgan fingerprint density at radius 3 is 2.86 bits per heavy atom. The summed E-state index contributed by atoms with van der Waals surface area (Å²) in [7, 11) is 0. The van der Waals surface area contributed by atoms with Crippen LogP contribution in [0.5, 0.6) is 0 Å². The van der Waals surface area contributed by atoms with Crippen LogP contribution < -0.4 is 0 Å². The van der Waals surface area contributed by atoms with Crippen molar-refractivity contribution in [2.24, 2.45) is 5.92 Å². The summed E-state index contributed by atoms with van der Waals surface area (Å²) in [6, 6.07) is 0. The number of carbonyl (C=O) groups is 1. The molecule has 0 bridgehead atoms. The average molecular weight is 290 g/mol. The number of rotatable bonds is 1. The summed E-state index contributed by atoms with van der Waals surface area (Å²) in [5, 5.41) is 10.4. The summed E-state index contributed by atoms with van der Waals surface area (Å²) < 4.78 is 10.9. The van der Waals surface area contributed by atoms with Crippen LogP contribution >= 0.6 is 0 Å². The van der Waals surface area contributed by atoms with Crippen LogP contribution in [0.3, 0.4) is 0 Å². The lowest BCUT2D eigenvalue weighted by molar-refractivity contribution is -0.165. The summed E-state index contributed by atoms with van der Waals surface area (Å²) in [5.74, 6) is -0.616. The van der Waals surface area contributed by atoms with Gasteiger partial charge in [0.15, 0.2) is 0 Å². The molecular weight excluding hydrogens is 268 g/mol. The zero-order valence-electron chi connectivity index (χ0n) is 12.8. The Balaban J connectivity index is 2.37. The van der Waals surface area contributed by atoms with E-state index in [-0.39, 0.29) is 17.8 Å². The molecule has 1 aliphatic heterocycles. The Labute approximate surface area is 125 Å². The number of hydrogen-bond donors (Lipinski definition) is 1. The topological polar surface area (TPSA) is 55.8 Å². The van der Waals surface area contributed by atoms with E-state index in [4.69, 9.17) is 9.47 Å². The normalized spacial score (nSPS) is 37.4. The summed E-state index contributed by atoms with van der Waals surface area (Å²) in [6.07, 6.45) is 6.50. The quantitative estimate of drug-likeness (QED) is 0.592. The first-order chi connectivity index (χ1) is 9.88. The third kappa shape index (κ3) is 3.64. The molecule has 0 spiro atoms. The lowest BCUT2D eigenvalue weighted by Crippen LogP contribution is -2.17. The zero-order chi connectivity index (χ0) is 15.6. The molecule has 0 saturated carbocycles. The van der Waals surface area contributed by atoms with Crippen molar-refractivity contribution >= 4 is 5.97 Å². The summed E-state index contributed by atoms with van der Waals surface area (Å²) >= 11 is 0. The van der Waals surface area contributed by atoms with Gasteiger partial charge in [-0.05, 0) is 32.8 Å². The summed E-state index contributed by atoms with van der Waals surface area (Å²) in [4.78, 5) is 11.1. The molecule has 4 nitrogen and oxygen atoms in total. The molecule has 1 saturated heterocycles. The van der Waals surface area contributed by atoms with Gasteiger partial charge in [0, 0.05) is 12.5 Å². The minimum absolute atomic E-state index is 0.194. The van der Waals surface area contributed by atoms with E-state index in [1.54, 1.807) is 6.08 Å². The maximum Gasteiger partial charge on any atom is 0.305 e. The fraction of sp³-hybridized carbons (Fsp3) is 0.471. The maximum absolute atomic E-state index is 11.1. The van der Waals surface area contributed by atoms with E-state index >= 15 is 0 Å². The Bertz CT molecular complexity index is 539. The van der Waals surface area contributed by atoms with Crippen molar-refractivity contribution in [1.82, 2.24) is 0 Å². The standard InChI is InChI=1S/C17H22O4/c1-10-6-5-7-11(2)9-15-16(14(19)8-10)12(3)17(21-15)20-13(4)18/h6,8-9,15-17,19H,3,5,7H2,1-2,4H3/b10-6+,11-9+,14-8+/t15-,16-,17?/m1/s1. The number of aliphatic hydroxyl groups is 1. The van der Waals surface area contributed by atoms with Gasteiger partial charge in [-0.3, -0.25) is 4.79 Å². The van der Waals surface area contributed by atoms with E-state index in [1.165, 1.54) is 12.5 Å². The number of allylic oxidation sites excluding steroid dienone is 4. The number of aliphatic hydroxyl groups excluding tert-OH is 1. The molecule has 0 aromatic carbocycles. The SMILES string of the molecule is C=C1C(OC(C)=O)O[C@@H]2/C=C(\C)CC/C=C(C)/C=C(/O)[C@@H]12. The van der Waals surface area contributed by atoms with Gasteiger partial charge in [0.2, 0.25) is 6.29 Å². The zero-order valence-corrected chi connectivity index (χ0v) is 12.8. The van der Waals surface area contributed by atoms with Crippen molar-refractivity contribution < 1.29 is 19.4 Å². The lowest BCUT2D eigenvalue weighted by atomic mass is 9.91. The largest absolute Gasteiger partial charge is 0.512 e. The van der Waals surface area contributed by atoms with Crippen LogP contribution in [0.15, 0.2) is 47.3 Å². The van der Waals surface area contributed by atoms with Crippen LogP contribution in [0.1, 0.15) is 33.6 Å². The third-order valence-electron chi connectivity index (χ3n) is 3.73. The van der Waals surface area contributed by atoms with E-state index in [1.807, 2.05) is 19.9 Å². The van der Waals surface area contributed by atoms with E-state index in [0.29, 0.717) is 5.57 Å². The van der Waals surface area contributed by atoms with Crippen LogP contribution in [0.25, 0.3) is 0 Å². The Morgan fingerprint density at radius 1 is 1.48 bits per heavy atom. The Kier molecular flexibility index (Phi) is 4.68. The predicted octanol–water partition coefficient (Wildman–Crippen LogP) is 3.58. The molecule has 0 aromatic rings. The van der Waals surface area contributed by atoms with Crippen molar-refractivity contribution in [3.05, 3.63) is 47.3 Å². The maximum atomic E-state index is 11.1. The molecule has 0 amide bonds. The van der Waals surface area contributed by atoms with Crippen molar-refractivity contribution in [1.29, 1.82) is 0 Å². The lowest BCUT2D eigenvalue weighted by Gasteiger charge is -2.17. The Hall–Kier alpha value is -1.81. The van der Waals surface area contributed by atoms with Gasteiger partial charge in [-0.1, -0.05) is 29.9 Å². The molecule has 0 radical (unpaired) electrons. The van der Waals surface area contributed by atoms with Gasteiger partial charge in [-0.15, -0.1) is 0 Å². The fourth-order valence-corrected chi connectivity index (χ4v) is 2.69. The molecule has 1 heterocycles.